The van der Waals surface area contributed by atoms with Crippen molar-refractivity contribution in [3.8, 4) is 5.75 Å². The minimum Gasteiger partial charge on any atom is -0.477 e. The molecule has 1 unspecified atom stereocenters. The highest BCUT2D eigenvalue weighted by Gasteiger charge is 2.17. The van der Waals surface area contributed by atoms with E-state index in [0.717, 1.165) is 11.0 Å². The van der Waals surface area contributed by atoms with E-state index in [9.17, 15) is 4.79 Å². The Kier molecular flexibility index (Phi) is 2.56. The summed E-state index contributed by atoms with van der Waals surface area (Å²) < 4.78 is 11.0. The van der Waals surface area contributed by atoms with Gasteiger partial charge in [0.05, 0.1) is 5.39 Å². The molecule has 0 aliphatic heterocycles. The molecule has 1 amide bonds. The minimum atomic E-state index is -0.667. The molecule has 4 heteroatoms. The molecule has 0 bridgehead atoms. The fraction of sp³-hybridized carbons (Fsp3) is 0.250. The molecule has 16 heavy (non-hydrogen) atoms. The third-order valence-corrected chi connectivity index (χ3v) is 2.41. The third-order valence-electron chi connectivity index (χ3n) is 2.41. The quantitative estimate of drug-likeness (QED) is 0.858. The lowest BCUT2D eigenvalue weighted by Crippen LogP contribution is -2.30. The summed E-state index contributed by atoms with van der Waals surface area (Å²) in [6, 6.07) is 7.50. The average Bonchev–Trinajstić information content (AvgIpc) is 2.55. The average molecular weight is 219 g/mol. The highest BCUT2D eigenvalue weighted by molar-refractivity contribution is 5.86. The molecule has 1 heterocycles. The predicted octanol–water partition coefficient (Wildman–Crippen LogP) is 1.99. The van der Waals surface area contributed by atoms with Gasteiger partial charge < -0.3 is 14.9 Å². The number of hydrogen-bond acceptors (Lipinski definition) is 3. The van der Waals surface area contributed by atoms with Crippen molar-refractivity contribution < 1.29 is 13.9 Å². The lowest BCUT2D eigenvalue weighted by Gasteiger charge is -2.10. The number of carbonyl (C=O) groups is 1. The first-order valence-electron chi connectivity index (χ1n) is 5.03. The van der Waals surface area contributed by atoms with Crippen molar-refractivity contribution >= 4 is 16.9 Å². The van der Waals surface area contributed by atoms with Gasteiger partial charge in [0, 0.05) is 0 Å². The van der Waals surface area contributed by atoms with Gasteiger partial charge >= 0.3 is 0 Å². The Balaban J connectivity index is 2.43. The lowest BCUT2D eigenvalue weighted by molar-refractivity contribution is -0.123. The van der Waals surface area contributed by atoms with Gasteiger partial charge in [-0.2, -0.15) is 0 Å². The van der Waals surface area contributed by atoms with Gasteiger partial charge in [-0.3, -0.25) is 4.79 Å². The van der Waals surface area contributed by atoms with Gasteiger partial charge in [-0.15, -0.1) is 0 Å². The molecule has 0 saturated carbocycles. The minimum absolute atomic E-state index is 0.496. The molecule has 1 aromatic carbocycles. The molecule has 1 aromatic heterocycles. The number of rotatable bonds is 3. The summed E-state index contributed by atoms with van der Waals surface area (Å²) in [5.41, 5.74) is 5.89. The molecule has 0 radical (unpaired) electrons. The monoisotopic (exact) mass is 219 g/mol. The Morgan fingerprint density at radius 2 is 2.12 bits per heavy atom. The van der Waals surface area contributed by atoms with Crippen LogP contribution in [0.4, 0.5) is 0 Å². The van der Waals surface area contributed by atoms with Crippen molar-refractivity contribution in [2.45, 2.75) is 20.0 Å². The summed E-state index contributed by atoms with van der Waals surface area (Å²) in [5, 5.41) is 0.855. The molecule has 2 aromatic rings. The fourth-order valence-electron chi connectivity index (χ4n) is 1.53. The Hall–Kier alpha value is -1.97. The summed E-state index contributed by atoms with van der Waals surface area (Å²) >= 11 is 0. The topological polar surface area (TPSA) is 65.5 Å². The molecule has 0 saturated heterocycles. The van der Waals surface area contributed by atoms with Gasteiger partial charge in [-0.25, -0.2) is 0 Å². The van der Waals surface area contributed by atoms with E-state index in [0.29, 0.717) is 11.5 Å². The van der Waals surface area contributed by atoms with E-state index >= 15 is 0 Å². The second kappa shape index (κ2) is 3.89. The number of benzene rings is 1. The number of fused-ring (bicyclic) bond motifs is 1. The van der Waals surface area contributed by atoms with Crippen LogP contribution in [0.3, 0.4) is 0 Å². The van der Waals surface area contributed by atoms with E-state index in [1.165, 1.54) is 0 Å². The highest BCUT2D eigenvalue weighted by Crippen LogP contribution is 2.32. The fourth-order valence-corrected chi connectivity index (χ4v) is 1.53. The number of nitrogens with two attached hydrogens (primary N) is 1. The first-order chi connectivity index (χ1) is 7.59. The van der Waals surface area contributed by atoms with E-state index in [-0.39, 0.29) is 0 Å². The maximum atomic E-state index is 10.9. The number of para-hydroxylation sites is 1. The van der Waals surface area contributed by atoms with Gasteiger partial charge in [-0.05, 0) is 26.0 Å². The second-order valence-electron chi connectivity index (χ2n) is 3.65. The molecule has 2 N–H and O–H groups in total. The summed E-state index contributed by atoms with van der Waals surface area (Å²) in [7, 11) is 0. The number of furan rings is 1. The molecular weight excluding hydrogens is 206 g/mol. The Morgan fingerprint density at radius 3 is 2.81 bits per heavy atom. The zero-order chi connectivity index (χ0) is 11.7. The zero-order valence-corrected chi connectivity index (χ0v) is 9.19. The maximum absolute atomic E-state index is 10.9. The van der Waals surface area contributed by atoms with Crippen LogP contribution in [-0.2, 0) is 4.79 Å². The van der Waals surface area contributed by atoms with E-state index in [4.69, 9.17) is 14.9 Å². The van der Waals surface area contributed by atoms with E-state index in [2.05, 4.69) is 0 Å². The van der Waals surface area contributed by atoms with Crippen LogP contribution in [0.2, 0.25) is 0 Å². The largest absolute Gasteiger partial charge is 0.477 e. The first-order valence-corrected chi connectivity index (χ1v) is 5.03. The molecule has 4 nitrogen and oxygen atoms in total. The Bertz CT molecular complexity index is 530. The van der Waals surface area contributed by atoms with Crippen LogP contribution in [0.15, 0.2) is 28.7 Å². The molecule has 2 rings (SSSR count). The number of ether oxygens (including phenoxy) is 1. The lowest BCUT2D eigenvalue weighted by atomic mass is 10.2. The Morgan fingerprint density at radius 1 is 1.44 bits per heavy atom. The molecule has 0 fully saturated rings. The molecule has 84 valence electrons. The van der Waals surface area contributed by atoms with Gasteiger partial charge in [0.15, 0.2) is 11.9 Å². The second-order valence-corrected chi connectivity index (χ2v) is 3.65. The van der Waals surface area contributed by atoms with Crippen LogP contribution in [-0.4, -0.2) is 12.0 Å². The van der Waals surface area contributed by atoms with Crippen LogP contribution >= 0.6 is 0 Å². The van der Waals surface area contributed by atoms with Gasteiger partial charge in [0.25, 0.3) is 5.91 Å². The number of hydrogen-bond donors (Lipinski definition) is 1. The van der Waals surface area contributed by atoms with Crippen LogP contribution in [0.1, 0.15) is 12.7 Å². The Labute approximate surface area is 93.0 Å². The summed E-state index contributed by atoms with van der Waals surface area (Å²) in [5.74, 6) is 0.737. The first kappa shape index (κ1) is 10.5. The SMILES string of the molecule is Cc1oc2ccccc2c1OC(C)C(N)=O. The van der Waals surface area contributed by atoms with E-state index in [1.54, 1.807) is 13.8 Å². The van der Waals surface area contributed by atoms with Crippen molar-refractivity contribution in [2.75, 3.05) is 0 Å². The number of amides is 1. The summed E-state index contributed by atoms with van der Waals surface area (Å²) in [6.45, 7) is 3.41. The standard InChI is InChI=1S/C12H13NO3/c1-7-11(16-8(2)12(13)14)9-5-3-4-6-10(9)15-7/h3-6,8H,1-2H3,(H2,13,14). The molecule has 0 aliphatic rings. The van der Waals surface area contributed by atoms with Crippen molar-refractivity contribution in [1.82, 2.24) is 0 Å². The number of carbonyl (C=O) groups excluding carboxylic acids is 1. The van der Waals surface area contributed by atoms with Gasteiger partial charge in [0.1, 0.15) is 11.3 Å². The van der Waals surface area contributed by atoms with Crippen LogP contribution in [0.25, 0.3) is 11.0 Å². The predicted molar refractivity (Wildman–Crippen MR) is 60.2 cm³/mol. The number of aryl methyl sites for hydroxylation is 1. The van der Waals surface area contributed by atoms with E-state index < -0.39 is 12.0 Å². The molecular formula is C12H13NO3. The van der Waals surface area contributed by atoms with Gasteiger partial charge in [0.2, 0.25) is 0 Å². The smallest absolute Gasteiger partial charge is 0.258 e. The third kappa shape index (κ3) is 1.74. The molecule has 0 aliphatic carbocycles. The normalized spacial score (nSPS) is 12.6. The van der Waals surface area contributed by atoms with Crippen molar-refractivity contribution in [1.29, 1.82) is 0 Å². The van der Waals surface area contributed by atoms with Gasteiger partial charge in [-0.1, -0.05) is 12.1 Å². The molecule has 0 spiro atoms. The highest BCUT2D eigenvalue weighted by atomic mass is 16.5. The van der Waals surface area contributed by atoms with Crippen LogP contribution in [0.5, 0.6) is 5.75 Å². The number of primary amides is 1. The van der Waals surface area contributed by atoms with Crippen molar-refractivity contribution in [2.24, 2.45) is 5.73 Å². The summed E-state index contributed by atoms with van der Waals surface area (Å²) in [4.78, 5) is 10.9. The van der Waals surface area contributed by atoms with Crippen molar-refractivity contribution in [3.63, 3.8) is 0 Å². The van der Waals surface area contributed by atoms with Crippen LogP contribution in [0, 0.1) is 6.92 Å². The zero-order valence-electron chi connectivity index (χ0n) is 9.19. The summed E-state index contributed by atoms with van der Waals surface area (Å²) in [6.07, 6.45) is -0.667. The van der Waals surface area contributed by atoms with Crippen LogP contribution < -0.4 is 10.5 Å². The maximum Gasteiger partial charge on any atom is 0.258 e. The van der Waals surface area contributed by atoms with Crippen molar-refractivity contribution in [3.05, 3.63) is 30.0 Å². The molecule has 1 atom stereocenters. The van der Waals surface area contributed by atoms with E-state index in [1.807, 2.05) is 24.3 Å².